The second-order valence-electron chi connectivity index (χ2n) is 4.18. The molecule has 0 heterocycles. The van der Waals surface area contributed by atoms with Crippen molar-refractivity contribution in [2.45, 2.75) is 6.92 Å². The molecule has 0 unspecified atom stereocenters. The van der Waals surface area contributed by atoms with E-state index in [-0.39, 0.29) is 0 Å². The van der Waals surface area contributed by atoms with E-state index in [4.69, 9.17) is 4.74 Å². The molecule has 0 aliphatic carbocycles. The zero-order valence-electron chi connectivity index (χ0n) is 10.5. The summed E-state index contributed by atoms with van der Waals surface area (Å²) in [7, 11) is 0. The number of hydrogen-bond acceptors (Lipinski definition) is 3. The van der Waals surface area contributed by atoms with Gasteiger partial charge in [-0.05, 0) is 76.4 Å². The number of carbonyl (C=O) groups is 2. The first-order valence-corrected chi connectivity index (χ1v) is 7.90. The summed E-state index contributed by atoms with van der Waals surface area (Å²) in [4.78, 5) is 23.2. The Morgan fingerprint density at radius 3 is 2.60 bits per heavy atom. The minimum absolute atomic E-state index is 0.313. The quantitative estimate of drug-likeness (QED) is 0.279. The lowest BCUT2D eigenvalue weighted by Gasteiger charge is -2.10. The highest BCUT2D eigenvalue weighted by Crippen LogP contribution is 2.28. The number of esters is 1. The summed E-state index contributed by atoms with van der Waals surface area (Å²) >= 11 is 4.17. The van der Waals surface area contributed by atoms with Crippen molar-refractivity contribution in [2.24, 2.45) is 0 Å². The van der Waals surface area contributed by atoms with Crippen molar-refractivity contribution >= 4 is 57.4 Å². The van der Waals surface area contributed by atoms with Crippen molar-refractivity contribution in [2.75, 3.05) is 0 Å². The van der Waals surface area contributed by atoms with Crippen LogP contribution in [-0.4, -0.2) is 12.3 Å². The molecule has 0 bridgehead atoms. The molecular formula is C15H10I2O3. The molecule has 0 radical (unpaired) electrons. The number of benzene rings is 2. The summed E-state index contributed by atoms with van der Waals surface area (Å²) in [5.74, 6) is -0.150. The fraction of sp³-hybridized carbons (Fsp3) is 0.0667. The van der Waals surface area contributed by atoms with Gasteiger partial charge in [-0.2, -0.15) is 0 Å². The molecule has 0 spiro atoms. The van der Waals surface area contributed by atoms with Gasteiger partial charge in [0.05, 0.1) is 14.7 Å². The Hall–Kier alpha value is -0.960. The molecule has 0 amide bonds. The number of ether oxygens (including phenoxy) is 1. The van der Waals surface area contributed by atoms with Gasteiger partial charge in [0.2, 0.25) is 0 Å². The van der Waals surface area contributed by atoms with E-state index in [1.807, 2.05) is 19.1 Å². The molecule has 0 saturated heterocycles. The van der Waals surface area contributed by atoms with Gasteiger partial charge in [-0.1, -0.05) is 17.7 Å². The maximum Gasteiger partial charge on any atom is 0.343 e. The minimum Gasteiger partial charge on any atom is -0.421 e. The van der Waals surface area contributed by atoms with Crippen molar-refractivity contribution in [1.29, 1.82) is 0 Å². The highest BCUT2D eigenvalue weighted by molar-refractivity contribution is 14.1. The lowest BCUT2D eigenvalue weighted by Crippen LogP contribution is -2.11. The minimum atomic E-state index is -0.462. The van der Waals surface area contributed by atoms with Crippen molar-refractivity contribution in [3.63, 3.8) is 0 Å². The van der Waals surface area contributed by atoms with Crippen LogP contribution in [0, 0.1) is 14.1 Å². The average Bonchev–Trinajstić information content (AvgIpc) is 2.41. The largest absolute Gasteiger partial charge is 0.421 e. The van der Waals surface area contributed by atoms with Crippen LogP contribution in [0.4, 0.5) is 0 Å². The second-order valence-corrected chi connectivity index (χ2v) is 6.59. The molecule has 0 aliphatic heterocycles. The third-order valence-corrected chi connectivity index (χ3v) is 4.04. The highest BCUT2D eigenvalue weighted by atomic mass is 127. The van der Waals surface area contributed by atoms with Crippen molar-refractivity contribution in [3.8, 4) is 5.75 Å². The molecule has 0 N–H and O–H groups in total. The summed E-state index contributed by atoms with van der Waals surface area (Å²) in [6.45, 7) is 1.91. The highest BCUT2D eigenvalue weighted by Gasteiger charge is 2.15. The van der Waals surface area contributed by atoms with Gasteiger partial charge in [0.15, 0.2) is 12.0 Å². The van der Waals surface area contributed by atoms with Gasteiger partial charge in [-0.3, -0.25) is 4.79 Å². The third kappa shape index (κ3) is 3.57. The Morgan fingerprint density at radius 1 is 1.20 bits per heavy atom. The van der Waals surface area contributed by atoms with Crippen LogP contribution in [0.1, 0.15) is 26.3 Å². The fourth-order valence-corrected chi connectivity index (χ4v) is 3.70. The number of rotatable bonds is 3. The Balaban J connectivity index is 2.35. The van der Waals surface area contributed by atoms with Gasteiger partial charge in [0, 0.05) is 3.57 Å². The Bertz CT molecular complexity index is 681. The molecule has 3 nitrogen and oxygen atoms in total. The van der Waals surface area contributed by atoms with Crippen molar-refractivity contribution in [1.82, 2.24) is 0 Å². The molecule has 0 saturated carbocycles. The molecule has 5 heteroatoms. The SMILES string of the molecule is Cc1cccc(C(=O)Oc2c(I)cc(I)cc2C=O)c1. The Morgan fingerprint density at radius 2 is 1.95 bits per heavy atom. The predicted octanol–water partition coefficient (Wildman–Crippen LogP) is 4.24. The maximum atomic E-state index is 12.1. The van der Waals surface area contributed by atoms with E-state index in [1.165, 1.54) is 0 Å². The van der Waals surface area contributed by atoms with E-state index in [0.29, 0.717) is 23.2 Å². The molecule has 0 fully saturated rings. The molecular weight excluding hydrogens is 482 g/mol. The maximum absolute atomic E-state index is 12.1. The van der Waals surface area contributed by atoms with E-state index in [0.717, 1.165) is 12.7 Å². The zero-order valence-corrected chi connectivity index (χ0v) is 14.8. The first-order chi connectivity index (χ1) is 9.51. The average molecular weight is 492 g/mol. The molecule has 102 valence electrons. The fourth-order valence-electron chi connectivity index (χ4n) is 1.70. The van der Waals surface area contributed by atoms with Crippen LogP contribution in [0.2, 0.25) is 0 Å². The third-order valence-electron chi connectivity index (χ3n) is 2.61. The zero-order chi connectivity index (χ0) is 14.7. The monoisotopic (exact) mass is 492 g/mol. The molecule has 0 aliphatic rings. The summed E-state index contributed by atoms with van der Waals surface area (Å²) in [6, 6.07) is 10.7. The van der Waals surface area contributed by atoms with Gasteiger partial charge < -0.3 is 4.74 Å². The number of halogens is 2. The van der Waals surface area contributed by atoms with E-state index in [1.54, 1.807) is 24.3 Å². The normalized spacial score (nSPS) is 10.2. The summed E-state index contributed by atoms with van der Waals surface area (Å²) in [5, 5.41) is 0. The van der Waals surface area contributed by atoms with Gasteiger partial charge >= 0.3 is 5.97 Å². The smallest absolute Gasteiger partial charge is 0.343 e. The molecule has 20 heavy (non-hydrogen) atoms. The van der Waals surface area contributed by atoms with E-state index in [2.05, 4.69) is 45.2 Å². The number of carbonyl (C=O) groups excluding carboxylic acids is 2. The second kappa shape index (κ2) is 6.66. The van der Waals surface area contributed by atoms with Gasteiger partial charge in [0.25, 0.3) is 0 Å². The van der Waals surface area contributed by atoms with Crippen molar-refractivity contribution in [3.05, 3.63) is 60.2 Å². The van der Waals surface area contributed by atoms with Crippen LogP contribution in [0.5, 0.6) is 5.75 Å². The van der Waals surface area contributed by atoms with Gasteiger partial charge in [-0.15, -0.1) is 0 Å². The van der Waals surface area contributed by atoms with Crippen LogP contribution in [0.15, 0.2) is 36.4 Å². The number of hydrogen-bond donors (Lipinski definition) is 0. The standard InChI is InChI=1S/C15H10I2O3/c1-9-3-2-4-10(5-9)15(19)20-14-11(8-18)6-12(16)7-13(14)17/h2-8H,1H3. The molecule has 2 aromatic carbocycles. The van der Waals surface area contributed by atoms with E-state index in [9.17, 15) is 9.59 Å². The number of aldehydes is 1. The Kier molecular flexibility index (Phi) is 5.14. The summed E-state index contributed by atoms with van der Waals surface area (Å²) in [5.41, 5.74) is 1.82. The molecule has 0 aromatic heterocycles. The van der Waals surface area contributed by atoms with Gasteiger partial charge in [-0.25, -0.2) is 4.79 Å². The predicted molar refractivity (Wildman–Crippen MR) is 93.4 cm³/mol. The summed E-state index contributed by atoms with van der Waals surface area (Å²) < 4.78 is 7.04. The van der Waals surface area contributed by atoms with Gasteiger partial charge in [0.1, 0.15) is 0 Å². The van der Waals surface area contributed by atoms with Crippen molar-refractivity contribution < 1.29 is 14.3 Å². The molecule has 2 aromatic rings. The topological polar surface area (TPSA) is 43.4 Å². The summed E-state index contributed by atoms with van der Waals surface area (Å²) in [6.07, 6.45) is 0.698. The van der Waals surface area contributed by atoms with E-state index < -0.39 is 5.97 Å². The van der Waals surface area contributed by atoms with Crippen LogP contribution in [-0.2, 0) is 0 Å². The lowest BCUT2D eigenvalue weighted by atomic mass is 10.1. The van der Waals surface area contributed by atoms with E-state index >= 15 is 0 Å². The van der Waals surface area contributed by atoms with Crippen LogP contribution >= 0.6 is 45.2 Å². The lowest BCUT2D eigenvalue weighted by molar-refractivity contribution is 0.0732. The Labute approximate surface area is 144 Å². The van der Waals surface area contributed by atoms with Crippen LogP contribution in [0.3, 0.4) is 0 Å². The first-order valence-electron chi connectivity index (χ1n) is 5.74. The van der Waals surface area contributed by atoms with Crippen LogP contribution < -0.4 is 4.74 Å². The molecule has 0 atom stereocenters. The first kappa shape index (κ1) is 15.4. The molecule has 2 rings (SSSR count). The number of aryl methyl sites for hydroxylation is 1. The van der Waals surface area contributed by atoms with Crippen LogP contribution in [0.25, 0.3) is 0 Å².